The molecule has 0 atom stereocenters. The van der Waals surface area contributed by atoms with Gasteiger partial charge in [0.05, 0.1) is 5.69 Å². The van der Waals surface area contributed by atoms with Gasteiger partial charge in [0.15, 0.2) is 11.7 Å². The van der Waals surface area contributed by atoms with Gasteiger partial charge in [-0.25, -0.2) is 4.98 Å². The van der Waals surface area contributed by atoms with Crippen LogP contribution >= 0.6 is 11.3 Å². The number of ether oxygens (including phenoxy) is 1. The monoisotopic (exact) mass is 386 g/mol. The second-order valence-corrected chi connectivity index (χ2v) is 6.62. The number of anilines is 1. The highest BCUT2D eigenvalue weighted by atomic mass is 32.1. The Morgan fingerprint density at radius 1 is 1.26 bits per heavy atom. The van der Waals surface area contributed by atoms with Crippen molar-refractivity contribution in [3.05, 3.63) is 47.0 Å². The molecular formula is C18H18N4O4S. The second-order valence-electron chi connectivity index (χ2n) is 5.76. The Morgan fingerprint density at radius 2 is 2.04 bits per heavy atom. The molecule has 2 aromatic heterocycles. The van der Waals surface area contributed by atoms with Gasteiger partial charge in [0.25, 0.3) is 11.8 Å². The number of thiazole rings is 1. The van der Waals surface area contributed by atoms with E-state index in [4.69, 9.17) is 9.26 Å². The van der Waals surface area contributed by atoms with E-state index in [9.17, 15) is 9.59 Å². The number of nitrogens with zero attached hydrogens (tertiary/aromatic N) is 2. The fraction of sp³-hybridized carbons (Fsp3) is 0.222. The minimum atomic E-state index is -0.331. The molecule has 0 bridgehead atoms. The molecule has 2 amide bonds. The van der Waals surface area contributed by atoms with Gasteiger partial charge in [-0.2, -0.15) is 0 Å². The highest BCUT2D eigenvalue weighted by Gasteiger charge is 2.10. The maximum absolute atomic E-state index is 11.9. The molecule has 2 N–H and O–H groups in total. The average Bonchev–Trinajstić information content (AvgIpc) is 3.27. The summed E-state index contributed by atoms with van der Waals surface area (Å²) in [4.78, 5) is 27.3. The van der Waals surface area contributed by atoms with Crippen LogP contribution in [-0.2, 0) is 16.1 Å². The Labute approximate surface area is 159 Å². The Balaban J connectivity index is 1.54. The quantitative estimate of drug-likeness (QED) is 0.647. The standard InChI is InChI=1S/C18H18N4O4S/c1-11-7-17(22-26-11)25-9-16(24)21-18-20-15(10-27-18)14-5-3-13(4-6-14)8-19-12(2)23/h3-7,10H,8-9H2,1-2H3,(H,19,23)(H,20,21,24). The van der Waals surface area contributed by atoms with Crippen LogP contribution in [-0.4, -0.2) is 28.6 Å². The number of carbonyl (C=O) groups is 2. The van der Waals surface area contributed by atoms with Crippen molar-refractivity contribution in [3.8, 4) is 17.1 Å². The summed E-state index contributed by atoms with van der Waals surface area (Å²) >= 11 is 1.33. The zero-order chi connectivity index (χ0) is 19.2. The van der Waals surface area contributed by atoms with E-state index in [1.165, 1.54) is 18.3 Å². The number of benzene rings is 1. The molecule has 0 saturated carbocycles. The van der Waals surface area contributed by atoms with Gasteiger partial charge < -0.3 is 14.6 Å². The molecule has 140 valence electrons. The van der Waals surface area contributed by atoms with Gasteiger partial charge in [0.1, 0.15) is 5.76 Å². The van der Waals surface area contributed by atoms with Crippen molar-refractivity contribution in [1.82, 2.24) is 15.5 Å². The normalized spacial score (nSPS) is 10.4. The fourth-order valence-corrected chi connectivity index (χ4v) is 2.93. The SMILES string of the molecule is CC(=O)NCc1ccc(-c2csc(NC(=O)COc3cc(C)on3)n2)cc1. The number of aromatic nitrogens is 2. The van der Waals surface area contributed by atoms with E-state index in [2.05, 4.69) is 20.8 Å². The maximum Gasteiger partial charge on any atom is 0.264 e. The van der Waals surface area contributed by atoms with Crippen molar-refractivity contribution in [2.24, 2.45) is 0 Å². The summed E-state index contributed by atoms with van der Waals surface area (Å²) in [5, 5.41) is 11.4. The van der Waals surface area contributed by atoms with Crippen LogP contribution in [0.25, 0.3) is 11.3 Å². The summed E-state index contributed by atoms with van der Waals surface area (Å²) in [7, 11) is 0. The van der Waals surface area contributed by atoms with E-state index >= 15 is 0 Å². The lowest BCUT2D eigenvalue weighted by atomic mass is 10.1. The number of hydrogen-bond acceptors (Lipinski definition) is 7. The van der Waals surface area contributed by atoms with Gasteiger partial charge in [-0.15, -0.1) is 11.3 Å². The maximum atomic E-state index is 11.9. The lowest BCUT2D eigenvalue weighted by molar-refractivity contribution is -0.119. The Morgan fingerprint density at radius 3 is 2.70 bits per heavy atom. The third-order valence-corrected chi connectivity index (χ3v) is 4.26. The third-order valence-electron chi connectivity index (χ3n) is 3.50. The Bertz CT molecular complexity index is 933. The first-order valence-electron chi connectivity index (χ1n) is 8.15. The molecular weight excluding hydrogens is 368 g/mol. The largest absolute Gasteiger partial charge is 0.465 e. The smallest absolute Gasteiger partial charge is 0.264 e. The molecule has 0 aliphatic heterocycles. The molecule has 0 spiro atoms. The first-order chi connectivity index (χ1) is 13.0. The van der Waals surface area contributed by atoms with Gasteiger partial charge in [-0.05, 0) is 17.6 Å². The first-order valence-corrected chi connectivity index (χ1v) is 9.03. The zero-order valence-corrected chi connectivity index (χ0v) is 15.6. The van der Waals surface area contributed by atoms with Crippen LogP contribution in [0.3, 0.4) is 0 Å². The lowest BCUT2D eigenvalue weighted by Gasteiger charge is -2.04. The minimum Gasteiger partial charge on any atom is -0.465 e. The van der Waals surface area contributed by atoms with Gasteiger partial charge in [0, 0.05) is 30.5 Å². The van der Waals surface area contributed by atoms with Crippen molar-refractivity contribution < 1.29 is 18.8 Å². The predicted molar refractivity (Wildman–Crippen MR) is 100 cm³/mol. The van der Waals surface area contributed by atoms with Gasteiger partial charge in [-0.3, -0.25) is 14.9 Å². The van der Waals surface area contributed by atoms with Crippen LogP contribution < -0.4 is 15.4 Å². The first kappa shape index (κ1) is 18.6. The van der Waals surface area contributed by atoms with Crippen molar-refractivity contribution in [1.29, 1.82) is 0 Å². The fourth-order valence-electron chi connectivity index (χ4n) is 2.19. The number of nitrogens with one attached hydrogen (secondary N) is 2. The van der Waals surface area contributed by atoms with Crippen LogP contribution in [0.4, 0.5) is 5.13 Å². The average molecular weight is 386 g/mol. The molecule has 0 fully saturated rings. The van der Waals surface area contributed by atoms with E-state index in [1.54, 1.807) is 13.0 Å². The van der Waals surface area contributed by atoms with Gasteiger partial charge in [-0.1, -0.05) is 24.3 Å². The highest BCUT2D eigenvalue weighted by Crippen LogP contribution is 2.25. The molecule has 1 aromatic carbocycles. The molecule has 27 heavy (non-hydrogen) atoms. The van der Waals surface area contributed by atoms with E-state index in [1.807, 2.05) is 29.6 Å². The molecule has 9 heteroatoms. The summed E-state index contributed by atoms with van der Waals surface area (Å²) < 4.78 is 10.1. The summed E-state index contributed by atoms with van der Waals surface area (Å²) in [5.74, 6) is 0.476. The van der Waals surface area contributed by atoms with E-state index in [0.29, 0.717) is 17.4 Å². The van der Waals surface area contributed by atoms with Crippen LogP contribution in [0.1, 0.15) is 18.2 Å². The zero-order valence-electron chi connectivity index (χ0n) is 14.8. The summed E-state index contributed by atoms with van der Waals surface area (Å²) in [6, 6.07) is 9.30. The van der Waals surface area contributed by atoms with E-state index in [0.717, 1.165) is 16.8 Å². The van der Waals surface area contributed by atoms with Gasteiger partial charge in [0.2, 0.25) is 5.91 Å². The number of carbonyl (C=O) groups excluding carboxylic acids is 2. The van der Waals surface area contributed by atoms with Crippen LogP contribution in [0.2, 0.25) is 0 Å². The van der Waals surface area contributed by atoms with Crippen LogP contribution in [0.15, 0.2) is 40.2 Å². The van der Waals surface area contributed by atoms with Crippen molar-refractivity contribution in [2.45, 2.75) is 20.4 Å². The predicted octanol–water partition coefficient (Wildman–Crippen LogP) is 2.76. The number of rotatable bonds is 7. The molecule has 2 heterocycles. The van der Waals surface area contributed by atoms with E-state index in [-0.39, 0.29) is 24.3 Å². The Kier molecular flexibility index (Phi) is 5.82. The molecule has 8 nitrogen and oxygen atoms in total. The van der Waals surface area contributed by atoms with E-state index < -0.39 is 0 Å². The van der Waals surface area contributed by atoms with Gasteiger partial charge >= 0.3 is 0 Å². The van der Waals surface area contributed by atoms with Crippen molar-refractivity contribution >= 4 is 28.3 Å². The third kappa shape index (κ3) is 5.38. The molecule has 0 aliphatic carbocycles. The minimum absolute atomic E-state index is 0.0679. The van der Waals surface area contributed by atoms with Crippen LogP contribution in [0, 0.1) is 6.92 Å². The number of aryl methyl sites for hydroxylation is 1. The molecule has 0 aliphatic rings. The summed E-state index contributed by atoms with van der Waals surface area (Å²) in [6.07, 6.45) is 0. The summed E-state index contributed by atoms with van der Waals surface area (Å²) in [6.45, 7) is 3.53. The molecule has 0 unspecified atom stereocenters. The number of hydrogen-bond donors (Lipinski definition) is 2. The summed E-state index contributed by atoms with van der Waals surface area (Å²) in [5.41, 5.74) is 2.68. The topological polar surface area (TPSA) is 106 Å². The molecule has 0 saturated heterocycles. The highest BCUT2D eigenvalue weighted by molar-refractivity contribution is 7.14. The number of amides is 2. The van der Waals surface area contributed by atoms with Crippen LogP contribution in [0.5, 0.6) is 5.88 Å². The molecule has 3 aromatic rings. The van der Waals surface area contributed by atoms with Crippen molar-refractivity contribution in [3.63, 3.8) is 0 Å². The second kappa shape index (κ2) is 8.45. The molecule has 0 radical (unpaired) electrons. The lowest BCUT2D eigenvalue weighted by Crippen LogP contribution is -2.20. The van der Waals surface area contributed by atoms with Crippen molar-refractivity contribution in [2.75, 3.05) is 11.9 Å². The molecule has 3 rings (SSSR count). The Hall–Kier alpha value is -3.20.